The molecular formula is C15H15N3O3. The lowest BCUT2D eigenvalue weighted by Gasteiger charge is -2.13. The predicted octanol–water partition coefficient (Wildman–Crippen LogP) is 1.97. The molecule has 1 heterocycles. The average molecular weight is 285 g/mol. The summed E-state index contributed by atoms with van der Waals surface area (Å²) in [5.74, 6) is -0.566. The number of anilines is 1. The number of nitrogens with zero attached hydrogens (tertiary/aromatic N) is 2. The number of pyridine rings is 1. The van der Waals surface area contributed by atoms with E-state index in [0.717, 1.165) is 5.06 Å². The van der Waals surface area contributed by atoms with Crippen molar-refractivity contribution < 1.29 is 14.4 Å². The van der Waals surface area contributed by atoms with Gasteiger partial charge in [0.15, 0.2) is 0 Å². The van der Waals surface area contributed by atoms with Crippen molar-refractivity contribution in [2.75, 3.05) is 19.5 Å². The Balaban J connectivity index is 2.06. The molecule has 0 aliphatic heterocycles. The molecule has 2 amide bonds. The maximum atomic E-state index is 11.9. The van der Waals surface area contributed by atoms with E-state index in [0.29, 0.717) is 16.9 Å². The quantitative estimate of drug-likeness (QED) is 0.872. The van der Waals surface area contributed by atoms with Crippen LogP contribution < -0.4 is 5.32 Å². The van der Waals surface area contributed by atoms with E-state index in [1.54, 1.807) is 48.7 Å². The van der Waals surface area contributed by atoms with Crippen LogP contribution in [0.25, 0.3) is 0 Å². The molecule has 1 aromatic carbocycles. The topological polar surface area (TPSA) is 71.5 Å². The third kappa shape index (κ3) is 3.64. The number of carbonyl (C=O) groups is 2. The molecule has 0 fully saturated rings. The van der Waals surface area contributed by atoms with E-state index in [2.05, 4.69) is 10.3 Å². The number of amides is 2. The fourth-order valence-electron chi connectivity index (χ4n) is 1.65. The highest BCUT2D eigenvalue weighted by molar-refractivity contribution is 6.03. The third-order valence-electron chi connectivity index (χ3n) is 2.85. The molecule has 0 aliphatic rings. The normalized spacial score (nSPS) is 10.0. The summed E-state index contributed by atoms with van der Waals surface area (Å²) in [7, 11) is 2.94. The van der Waals surface area contributed by atoms with Gasteiger partial charge in [0.25, 0.3) is 11.8 Å². The minimum Gasteiger partial charge on any atom is -0.321 e. The van der Waals surface area contributed by atoms with E-state index in [9.17, 15) is 9.59 Å². The lowest BCUT2D eigenvalue weighted by atomic mass is 10.2. The van der Waals surface area contributed by atoms with Gasteiger partial charge in [0.1, 0.15) is 5.69 Å². The summed E-state index contributed by atoms with van der Waals surface area (Å²) in [4.78, 5) is 32.5. The molecule has 0 spiro atoms. The Morgan fingerprint density at radius 3 is 2.43 bits per heavy atom. The first-order valence-electron chi connectivity index (χ1n) is 6.26. The first-order valence-corrected chi connectivity index (χ1v) is 6.26. The van der Waals surface area contributed by atoms with Gasteiger partial charge in [-0.1, -0.05) is 6.07 Å². The lowest BCUT2D eigenvalue weighted by molar-refractivity contribution is -0.0756. The minimum absolute atomic E-state index is 0.264. The molecule has 0 bridgehead atoms. The molecule has 6 heteroatoms. The van der Waals surface area contributed by atoms with Gasteiger partial charge in [-0.2, -0.15) is 0 Å². The molecule has 6 nitrogen and oxygen atoms in total. The van der Waals surface area contributed by atoms with Gasteiger partial charge in [0.05, 0.1) is 7.11 Å². The maximum Gasteiger partial charge on any atom is 0.277 e. The number of nitrogens with one attached hydrogen (secondary N) is 1. The number of carbonyl (C=O) groups excluding carboxylic acids is 2. The Morgan fingerprint density at radius 2 is 1.86 bits per heavy atom. The third-order valence-corrected chi connectivity index (χ3v) is 2.85. The Labute approximate surface area is 122 Å². The smallest absolute Gasteiger partial charge is 0.277 e. The van der Waals surface area contributed by atoms with Gasteiger partial charge < -0.3 is 5.32 Å². The molecule has 108 valence electrons. The summed E-state index contributed by atoms with van der Waals surface area (Å²) < 4.78 is 0. The van der Waals surface area contributed by atoms with Gasteiger partial charge in [-0.15, -0.1) is 0 Å². The first-order chi connectivity index (χ1) is 10.1. The van der Waals surface area contributed by atoms with Crippen molar-refractivity contribution in [3.8, 4) is 0 Å². The van der Waals surface area contributed by atoms with E-state index in [-0.39, 0.29) is 11.8 Å². The molecule has 0 aliphatic carbocycles. The summed E-state index contributed by atoms with van der Waals surface area (Å²) in [6.45, 7) is 0. The molecule has 2 rings (SSSR count). The highest BCUT2D eigenvalue weighted by atomic mass is 16.7. The first kappa shape index (κ1) is 14.7. The van der Waals surface area contributed by atoms with Crippen molar-refractivity contribution >= 4 is 17.5 Å². The molecule has 0 unspecified atom stereocenters. The number of benzene rings is 1. The highest BCUT2D eigenvalue weighted by Crippen LogP contribution is 2.12. The van der Waals surface area contributed by atoms with Crippen LogP contribution in [-0.4, -0.2) is 36.0 Å². The summed E-state index contributed by atoms with van der Waals surface area (Å²) in [5.41, 5.74) is 1.38. The van der Waals surface area contributed by atoms with E-state index >= 15 is 0 Å². The molecule has 1 N–H and O–H groups in total. The van der Waals surface area contributed by atoms with Crippen LogP contribution in [0.2, 0.25) is 0 Å². The second kappa shape index (κ2) is 6.62. The summed E-state index contributed by atoms with van der Waals surface area (Å²) >= 11 is 0. The standard InChI is InChI=1S/C15H15N3O3/c1-18(21-2)15(20)11-6-8-12(9-7-11)17-14(19)13-5-3-4-10-16-13/h3-10H,1-2H3,(H,17,19). The summed E-state index contributed by atoms with van der Waals surface area (Å²) in [6.07, 6.45) is 1.55. The van der Waals surface area contributed by atoms with Gasteiger partial charge in [0.2, 0.25) is 0 Å². The van der Waals surface area contributed by atoms with Crippen LogP contribution in [0.3, 0.4) is 0 Å². The van der Waals surface area contributed by atoms with Gasteiger partial charge in [0, 0.05) is 24.5 Å². The van der Waals surface area contributed by atoms with Crippen molar-refractivity contribution in [2.24, 2.45) is 0 Å². The van der Waals surface area contributed by atoms with E-state index in [1.165, 1.54) is 14.2 Å². The molecule has 2 aromatic rings. The molecule has 0 atom stereocenters. The summed E-state index contributed by atoms with van der Waals surface area (Å²) in [6, 6.07) is 11.6. The zero-order valence-corrected chi connectivity index (χ0v) is 11.7. The fraction of sp³-hybridized carbons (Fsp3) is 0.133. The van der Waals surface area contributed by atoms with Crippen molar-refractivity contribution in [3.05, 3.63) is 59.9 Å². The van der Waals surface area contributed by atoms with Crippen molar-refractivity contribution in [1.29, 1.82) is 0 Å². The molecule has 21 heavy (non-hydrogen) atoms. The van der Waals surface area contributed by atoms with Gasteiger partial charge in [-0.05, 0) is 36.4 Å². The van der Waals surface area contributed by atoms with Crippen molar-refractivity contribution in [2.45, 2.75) is 0 Å². The lowest BCUT2D eigenvalue weighted by Crippen LogP contribution is -2.25. The van der Waals surface area contributed by atoms with Crippen LogP contribution in [0.15, 0.2) is 48.7 Å². The molecule has 0 saturated heterocycles. The van der Waals surface area contributed by atoms with Crippen LogP contribution >= 0.6 is 0 Å². The van der Waals surface area contributed by atoms with Crippen LogP contribution in [0, 0.1) is 0 Å². The Morgan fingerprint density at radius 1 is 1.14 bits per heavy atom. The van der Waals surface area contributed by atoms with E-state index in [1.807, 2.05) is 0 Å². The Hall–Kier alpha value is -2.73. The minimum atomic E-state index is -0.302. The number of hydrogen-bond donors (Lipinski definition) is 1. The maximum absolute atomic E-state index is 11.9. The van der Waals surface area contributed by atoms with Crippen LogP contribution in [0.5, 0.6) is 0 Å². The molecule has 0 saturated carbocycles. The second-order valence-corrected chi connectivity index (χ2v) is 4.23. The fourth-order valence-corrected chi connectivity index (χ4v) is 1.65. The van der Waals surface area contributed by atoms with Crippen LogP contribution in [0.1, 0.15) is 20.8 Å². The zero-order chi connectivity index (χ0) is 15.2. The van der Waals surface area contributed by atoms with Gasteiger partial charge in [-0.3, -0.25) is 19.4 Å². The largest absolute Gasteiger partial charge is 0.321 e. The van der Waals surface area contributed by atoms with Crippen LogP contribution in [-0.2, 0) is 4.84 Å². The molecular weight excluding hydrogens is 270 g/mol. The average Bonchev–Trinajstić information content (AvgIpc) is 2.55. The Bertz CT molecular complexity index is 626. The number of aromatic nitrogens is 1. The van der Waals surface area contributed by atoms with Crippen LogP contribution in [0.4, 0.5) is 5.69 Å². The van der Waals surface area contributed by atoms with Gasteiger partial charge in [-0.25, -0.2) is 5.06 Å². The number of rotatable bonds is 4. The Kier molecular flexibility index (Phi) is 4.63. The van der Waals surface area contributed by atoms with Gasteiger partial charge >= 0.3 is 0 Å². The number of hydrogen-bond acceptors (Lipinski definition) is 4. The monoisotopic (exact) mass is 285 g/mol. The van der Waals surface area contributed by atoms with Crippen molar-refractivity contribution in [1.82, 2.24) is 10.0 Å². The predicted molar refractivity (Wildman–Crippen MR) is 77.7 cm³/mol. The SMILES string of the molecule is CON(C)C(=O)c1ccc(NC(=O)c2ccccn2)cc1. The number of hydroxylamine groups is 2. The zero-order valence-electron chi connectivity index (χ0n) is 11.7. The summed E-state index contributed by atoms with van der Waals surface area (Å²) in [5, 5.41) is 3.84. The van der Waals surface area contributed by atoms with E-state index < -0.39 is 0 Å². The second-order valence-electron chi connectivity index (χ2n) is 4.23. The highest BCUT2D eigenvalue weighted by Gasteiger charge is 2.11. The molecule has 1 aromatic heterocycles. The molecule has 0 radical (unpaired) electrons. The van der Waals surface area contributed by atoms with E-state index in [4.69, 9.17) is 4.84 Å². The van der Waals surface area contributed by atoms with Crippen molar-refractivity contribution in [3.63, 3.8) is 0 Å².